The van der Waals surface area contributed by atoms with Crippen molar-refractivity contribution >= 4 is 24.8 Å². The molecule has 0 amide bonds. The molecule has 0 aromatic carbocycles. The predicted octanol–water partition coefficient (Wildman–Crippen LogP) is 1.29. The third-order valence-electron chi connectivity index (χ3n) is 3.78. The number of rotatable bonds is 0. The lowest BCUT2D eigenvalue weighted by atomic mass is 9.97. The molecule has 0 spiro atoms. The van der Waals surface area contributed by atoms with Crippen molar-refractivity contribution in [1.82, 2.24) is 10.2 Å². The SMILES string of the molecule is C1CN2C3CCC(C3)C2CN1.Cl.Cl. The number of nitrogens with one attached hydrogen (secondary N) is 1. The van der Waals surface area contributed by atoms with Crippen molar-refractivity contribution in [2.75, 3.05) is 19.6 Å². The summed E-state index contributed by atoms with van der Waals surface area (Å²) < 4.78 is 0. The second kappa shape index (κ2) is 4.35. The van der Waals surface area contributed by atoms with Gasteiger partial charge in [0, 0.05) is 31.7 Å². The van der Waals surface area contributed by atoms with Crippen LogP contribution >= 0.6 is 24.8 Å². The number of hydrogen-bond donors (Lipinski definition) is 1. The number of hydrogen-bond acceptors (Lipinski definition) is 2. The van der Waals surface area contributed by atoms with E-state index >= 15 is 0 Å². The second-order valence-electron chi connectivity index (χ2n) is 4.24. The summed E-state index contributed by atoms with van der Waals surface area (Å²) in [4.78, 5) is 2.75. The van der Waals surface area contributed by atoms with Crippen LogP contribution in [0.1, 0.15) is 19.3 Å². The van der Waals surface area contributed by atoms with Gasteiger partial charge in [0.05, 0.1) is 0 Å². The van der Waals surface area contributed by atoms with Crippen LogP contribution in [-0.2, 0) is 0 Å². The van der Waals surface area contributed by atoms with E-state index in [0.717, 1.165) is 18.0 Å². The van der Waals surface area contributed by atoms with Crippen molar-refractivity contribution in [2.45, 2.75) is 31.3 Å². The Kier molecular flexibility index (Phi) is 3.87. The van der Waals surface area contributed by atoms with Crippen molar-refractivity contribution < 1.29 is 0 Å². The molecule has 3 rings (SSSR count). The summed E-state index contributed by atoms with van der Waals surface area (Å²) in [7, 11) is 0. The smallest absolute Gasteiger partial charge is 0.0252 e. The van der Waals surface area contributed by atoms with Crippen LogP contribution in [0.25, 0.3) is 0 Å². The highest BCUT2D eigenvalue weighted by molar-refractivity contribution is 5.85. The van der Waals surface area contributed by atoms with Crippen molar-refractivity contribution in [3.8, 4) is 0 Å². The molecule has 3 aliphatic rings. The van der Waals surface area contributed by atoms with Gasteiger partial charge in [-0.3, -0.25) is 4.90 Å². The van der Waals surface area contributed by atoms with Crippen LogP contribution < -0.4 is 5.32 Å². The fourth-order valence-electron chi connectivity index (χ4n) is 3.27. The van der Waals surface area contributed by atoms with Crippen molar-refractivity contribution in [3.05, 3.63) is 0 Å². The molecule has 13 heavy (non-hydrogen) atoms. The lowest BCUT2D eigenvalue weighted by Gasteiger charge is -2.39. The van der Waals surface area contributed by atoms with Crippen LogP contribution in [0.2, 0.25) is 0 Å². The highest BCUT2D eigenvalue weighted by Crippen LogP contribution is 2.42. The van der Waals surface area contributed by atoms with E-state index in [1.165, 1.54) is 38.9 Å². The largest absolute Gasteiger partial charge is 0.314 e. The van der Waals surface area contributed by atoms with Crippen molar-refractivity contribution in [1.29, 1.82) is 0 Å². The normalized spacial score (nSPS) is 42.0. The average Bonchev–Trinajstić information content (AvgIpc) is 2.64. The minimum absolute atomic E-state index is 0. The van der Waals surface area contributed by atoms with E-state index in [2.05, 4.69) is 10.2 Å². The molecule has 2 bridgehead atoms. The first-order valence-corrected chi connectivity index (χ1v) is 4.91. The third kappa shape index (κ3) is 1.70. The van der Waals surface area contributed by atoms with E-state index in [4.69, 9.17) is 0 Å². The van der Waals surface area contributed by atoms with Gasteiger partial charge in [-0.25, -0.2) is 0 Å². The second-order valence-corrected chi connectivity index (χ2v) is 4.24. The van der Waals surface area contributed by atoms with Crippen LogP contribution in [0.15, 0.2) is 0 Å². The van der Waals surface area contributed by atoms with Gasteiger partial charge in [-0.1, -0.05) is 0 Å². The van der Waals surface area contributed by atoms with Gasteiger partial charge >= 0.3 is 0 Å². The van der Waals surface area contributed by atoms with Crippen molar-refractivity contribution in [2.24, 2.45) is 5.92 Å². The van der Waals surface area contributed by atoms with Crippen LogP contribution in [0.3, 0.4) is 0 Å². The first-order chi connectivity index (χ1) is 5.45. The summed E-state index contributed by atoms with van der Waals surface area (Å²) in [5.74, 6) is 1.05. The standard InChI is InChI=1S/C9H16N2.2ClH/c1-2-8-5-7(1)9-6-10-3-4-11(8)9;;/h7-10H,1-6H2;2*1H. The van der Waals surface area contributed by atoms with E-state index < -0.39 is 0 Å². The maximum atomic E-state index is 3.50. The average molecular weight is 225 g/mol. The molecule has 3 atom stereocenters. The summed E-state index contributed by atoms with van der Waals surface area (Å²) in [6, 6.07) is 1.90. The van der Waals surface area contributed by atoms with E-state index in [9.17, 15) is 0 Å². The van der Waals surface area contributed by atoms with Crippen molar-refractivity contribution in [3.63, 3.8) is 0 Å². The number of nitrogens with zero attached hydrogens (tertiary/aromatic N) is 1. The molecular weight excluding hydrogens is 207 g/mol. The highest BCUT2D eigenvalue weighted by Gasteiger charge is 2.45. The zero-order valence-electron chi connectivity index (χ0n) is 7.74. The molecular formula is C9H18Cl2N2. The Morgan fingerprint density at radius 2 is 2.00 bits per heavy atom. The van der Waals surface area contributed by atoms with Crippen LogP contribution in [0.5, 0.6) is 0 Å². The van der Waals surface area contributed by atoms with Crippen LogP contribution in [0, 0.1) is 5.92 Å². The Hall–Kier alpha value is 0.500. The predicted molar refractivity (Wildman–Crippen MR) is 59.0 cm³/mol. The Bertz CT molecular complexity index is 159. The Morgan fingerprint density at radius 3 is 2.77 bits per heavy atom. The van der Waals surface area contributed by atoms with Crippen LogP contribution in [0.4, 0.5) is 0 Å². The summed E-state index contributed by atoms with van der Waals surface area (Å²) in [6.07, 6.45) is 4.50. The lowest BCUT2D eigenvalue weighted by molar-refractivity contribution is 0.112. The quantitative estimate of drug-likeness (QED) is 0.668. The molecule has 1 N–H and O–H groups in total. The van der Waals surface area contributed by atoms with E-state index in [-0.39, 0.29) is 24.8 Å². The van der Waals surface area contributed by atoms with Gasteiger partial charge in [-0.2, -0.15) is 0 Å². The first kappa shape index (κ1) is 11.6. The zero-order chi connectivity index (χ0) is 7.26. The third-order valence-corrected chi connectivity index (χ3v) is 3.78. The molecule has 1 aliphatic carbocycles. The minimum Gasteiger partial charge on any atom is -0.314 e. The van der Waals surface area contributed by atoms with Gasteiger partial charge in [-0.15, -0.1) is 24.8 Å². The Balaban J connectivity index is 0.000000422. The summed E-state index contributed by atoms with van der Waals surface area (Å²) >= 11 is 0. The van der Waals surface area contributed by atoms with Gasteiger partial charge < -0.3 is 5.32 Å². The van der Waals surface area contributed by atoms with Gasteiger partial charge in [-0.05, 0) is 25.2 Å². The number of piperidine rings is 1. The molecule has 2 heterocycles. The van der Waals surface area contributed by atoms with Gasteiger partial charge in [0.15, 0.2) is 0 Å². The maximum Gasteiger partial charge on any atom is 0.0252 e. The van der Waals surface area contributed by atoms with E-state index in [0.29, 0.717) is 0 Å². The van der Waals surface area contributed by atoms with E-state index in [1.807, 2.05) is 0 Å². The molecule has 2 saturated heterocycles. The molecule has 3 unspecified atom stereocenters. The van der Waals surface area contributed by atoms with Gasteiger partial charge in [0.25, 0.3) is 0 Å². The monoisotopic (exact) mass is 224 g/mol. The fourth-order valence-corrected chi connectivity index (χ4v) is 3.27. The highest BCUT2D eigenvalue weighted by atomic mass is 35.5. The van der Waals surface area contributed by atoms with Gasteiger partial charge in [0.2, 0.25) is 0 Å². The molecule has 0 aromatic rings. The lowest BCUT2D eigenvalue weighted by Crippen LogP contribution is -2.53. The molecule has 2 nitrogen and oxygen atoms in total. The molecule has 78 valence electrons. The first-order valence-electron chi connectivity index (χ1n) is 4.91. The molecule has 0 radical (unpaired) electrons. The molecule has 0 aromatic heterocycles. The summed E-state index contributed by atoms with van der Waals surface area (Å²) in [5, 5.41) is 3.50. The summed E-state index contributed by atoms with van der Waals surface area (Å²) in [6.45, 7) is 3.80. The maximum absolute atomic E-state index is 3.50. The Labute approximate surface area is 92.3 Å². The molecule has 1 saturated carbocycles. The molecule has 3 fully saturated rings. The molecule has 4 heteroatoms. The van der Waals surface area contributed by atoms with Gasteiger partial charge in [0.1, 0.15) is 0 Å². The number of fused-ring (bicyclic) bond motifs is 5. The van der Waals surface area contributed by atoms with E-state index in [1.54, 1.807) is 0 Å². The number of piperazine rings is 1. The Morgan fingerprint density at radius 1 is 1.15 bits per heavy atom. The van der Waals surface area contributed by atoms with Crippen LogP contribution in [-0.4, -0.2) is 36.6 Å². The molecule has 2 aliphatic heterocycles. The fraction of sp³-hybridized carbons (Fsp3) is 1.00. The number of halogens is 2. The topological polar surface area (TPSA) is 15.3 Å². The zero-order valence-corrected chi connectivity index (χ0v) is 9.37. The minimum atomic E-state index is 0. The summed E-state index contributed by atoms with van der Waals surface area (Å²) in [5.41, 5.74) is 0.